The Morgan fingerprint density at radius 1 is 0.585 bits per heavy atom. The topological polar surface area (TPSA) is 50.9 Å². The first-order valence-electron chi connectivity index (χ1n) is 26.5. The maximum atomic E-state index is 12.0. The van der Waals surface area contributed by atoms with Gasteiger partial charge in [0, 0.05) is 46.7 Å². The molecule has 2 heterocycles. The summed E-state index contributed by atoms with van der Waals surface area (Å²) in [5, 5.41) is 12.0. The van der Waals surface area contributed by atoms with E-state index >= 15 is 0 Å². The summed E-state index contributed by atoms with van der Waals surface area (Å²) in [4.78, 5) is 10.2. The predicted octanol–water partition coefficient (Wildman–Crippen LogP) is 15.8. The smallest absolute Gasteiger partial charge is 0.148 e. The molecule has 328 valence electrons. The van der Waals surface area contributed by atoms with Crippen molar-refractivity contribution in [2.75, 3.05) is 0 Å². The summed E-state index contributed by atoms with van der Waals surface area (Å²) in [7, 11) is 0. The van der Waals surface area contributed by atoms with Crippen LogP contribution in [-0.2, 0) is 31.9 Å². The van der Waals surface area contributed by atoms with Crippen LogP contribution in [0.1, 0.15) is 88.6 Å². The zero-order valence-electron chi connectivity index (χ0n) is 47.7. The first-order chi connectivity index (χ1) is 34.6. The van der Waals surface area contributed by atoms with E-state index in [9.17, 15) is 5.11 Å². The summed E-state index contributed by atoms with van der Waals surface area (Å²) in [6.45, 7) is 11.1. The number of aryl methyl sites for hydroxylation is 3. The number of aromatic nitrogens is 3. The van der Waals surface area contributed by atoms with Gasteiger partial charge in [-0.2, -0.15) is 0 Å². The van der Waals surface area contributed by atoms with Gasteiger partial charge in [0.1, 0.15) is 11.6 Å². The molecule has 0 saturated carbocycles. The summed E-state index contributed by atoms with van der Waals surface area (Å²) in [6.07, 6.45) is 1.51. The second kappa shape index (κ2) is 17.6. The van der Waals surface area contributed by atoms with Crippen molar-refractivity contribution in [1.82, 2.24) is 14.5 Å². The Morgan fingerprint density at radius 2 is 1.29 bits per heavy atom. The molecular formula is C60H56N3OPt-. The van der Waals surface area contributed by atoms with Crippen LogP contribution in [0.4, 0.5) is 0 Å². The number of pyridine rings is 1. The van der Waals surface area contributed by atoms with Gasteiger partial charge < -0.3 is 5.11 Å². The van der Waals surface area contributed by atoms with Crippen LogP contribution in [0.15, 0.2) is 152 Å². The molecule has 9 rings (SSSR count). The van der Waals surface area contributed by atoms with Gasteiger partial charge in [-0.25, -0.2) is 4.98 Å². The molecule has 5 heteroatoms. The summed E-state index contributed by atoms with van der Waals surface area (Å²) in [6, 6.07) is 39.8. The molecule has 0 atom stereocenters. The van der Waals surface area contributed by atoms with Crippen molar-refractivity contribution in [3.8, 4) is 78.6 Å². The SMILES string of the molecule is [2H]c1c([2H])c(C([2H])([2H])[2H])c([2H])c([2H])c1-c1ccnc(-c2[c-]c(-c3cccc4c3nc(-c3cc(C)cc(C)c3O)n4-c3cc(C([2H])([2H])[2H])c(-c4ccc(C(C)(C)C)cc4)cc3-c3ccccc3)cc(C(C)(C)C)c2)c1.[Pt]. The van der Waals surface area contributed by atoms with Crippen LogP contribution in [0.3, 0.4) is 0 Å². The zero-order chi connectivity index (χ0) is 53.6. The van der Waals surface area contributed by atoms with Crippen molar-refractivity contribution in [2.45, 2.75) is 79.9 Å². The molecule has 1 N–H and O–H groups in total. The number of phenols is 1. The molecule has 0 unspecified atom stereocenters. The van der Waals surface area contributed by atoms with Gasteiger partial charge in [0.2, 0.25) is 0 Å². The predicted molar refractivity (Wildman–Crippen MR) is 268 cm³/mol. The van der Waals surface area contributed by atoms with Gasteiger partial charge in [0.05, 0.1) is 27.8 Å². The monoisotopic (exact) mass is 1040 g/mol. The number of nitrogens with zero attached hydrogens (tertiary/aromatic N) is 3. The minimum atomic E-state index is -2.85. The zero-order valence-corrected chi connectivity index (χ0v) is 40.0. The second-order valence-corrected chi connectivity index (χ2v) is 18.7. The molecule has 7 aromatic carbocycles. The Balaban J connectivity index is 0.00000747. The first kappa shape index (κ1) is 34.1. The fraction of sp³-hybridized carbons (Fsp3) is 0.200. The fourth-order valence-corrected chi connectivity index (χ4v) is 8.36. The molecule has 4 nitrogen and oxygen atoms in total. The van der Waals surface area contributed by atoms with E-state index in [2.05, 4.69) is 59.7 Å². The van der Waals surface area contributed by atoms with E-state index in [0.29, 0.717) is 67.2 Å². The van der Waals surface area contributed by atoms with Gasteiger partial charge >= 0.3 is 0 Å². The third-order valence-electron chi connectivity index (χ3n) is 11.9. The number of para-hydroxylation sites is 1. The molecule has 9 aromatic rings. The molecule has 0 bridgehead atoms. The number of benzene rings is 7. The molecule has 2 aromatic heterocycles. The van der Waals surface area contributed by atoms with E-state index in [1.165, 1.54) is 6.20 Å². The number of aromatic hydroxyl groups is 1. The average molecular weight is 1040 g/mol. The summed E-state index contributed by atoms with van der Waals surface area (Å²) < 4.78 is 87.6. The Kier molecular flexibility index (Phi) is 9.20. The molecule has 0 saturated heterocycles. The average Bonchev–Trinajstić information content (AvgIpc) is 3.73. The molecule has 0 aliphatic heterocycles. The van der Waals surface area contributed by atoms with Gasteiger partial charge in [-0.3, -0.25) is 9.55 Å². The van der Waals surface area contributed by atoms with Crippen LogP contribution in [0.2, 0.25) is 0 Å². The second-order valence-electron chi connectivity index (χ2n) is 18.7. The summed E-state index contributed by atoms with van der Waals surface area (Å²) in [5.41, 5.74) is 10.2. The Labute approximate surface area is 413 Å². The first-order valence-corrected chi connectivity index (χ1v) is 21.5. The largest absolute Gasteiger partial charge is 0.507 e. The van der Waals surface area contributed by atoms with E-state index in [4.69, 9.17) is 23.7 Å². The third kappa shape index (κ3) is 8.90. The van der Waals surface area contributed by atoms with Crippen molar-refractivity contribution in [2.24, 2.45) is 0 Å². The number of imidazole rings is 1. The Hall–Kier alpha value is -6.35. The standard InChI is InChI=1S/C60H56N3O.Pt/c1-37-19-21-41(22-20-37)44-27-28-61-53(35-44)46-32-45(33-48(34-46)60(8,9)10)49-17-14-18-54-56(49)62-58(52-30-38(2)29-40(4)57(52)64)63(54)55-31-39(3)50(36-51(55)42-15-12-11-13-16-42)43-23-25-47(26-24-43)59(5,6)7;/h11-31,33-36,64H,1-10H3;/q-1;/i1D3,3D3,19D,20D,21D,22D;. The number of rotatable bonds is 7. The van der Waals surface area contributed by atoms with Crippen LogP contribution >= 0.6 is 0 Å². The Morgan fingerprint density at radius 3 is 1.98 bits per heavy atom. The molecular weight excluding hydrogens is 974 g/mol. The normalized spacial score (nSPS) is 14.4. The van der Waals surface area contributed by atoms with Gasteiger partial charge in [-0.15, -0.1) is 29.3 Å². The van der Waals surface area contributed by atoms with Gasteiger partial charge in [-0.05, 0) is 119 Å². The van der Waals surface area contributed by atoms with Crippen LogP contribution < -0.4 is 0 Å². The molecule has 0 aliphatic carbocycles. The van der Waals surface area contributed by atoms with Gasteiger partial charge in [0.25, 0.3) is 0 Å². The molecule has 0 fully saturated rings. The van der Waals surface area contributed by atoms with E-state index in [-0.39, 0.29) is 43.4 Å². The molecule has 0 spiro atoms. The van der Waals surface area contributed by atoms with E-state index in [1.807, 2.05) is 109 Å². The van der Waals surface area contributed by atoms with Crippen molar-refractivity contribution in [3.63, 3.8) is 0 Å². The van der Waals surface area contributed by atoms with E-state index < -0.39 is 48.9 Å². The number of phenolic OH excluding ortho intramolecular Hbond substituents is 1. The number of hydrogen-bond donors (Lipinski definition) is 1. The van der Waals surface area contributed by atoms with Crippen molar-refractivity contribution < 1.29 is 39.9 Å². The summed E-state index contributed by atoms with van der Waals surface area (Å²) >= 11 is 0. The molecule has 0 amide bonds. The van der Waals surface area contributed by atoms with Crippen molar-refractivity contribution in [1.29, 1.82) is 0 Å². The minimum absolute atomic E-state index is 0. The van der Waals surface area contributed by atoms with Crippen molar-refractivity contribution >= 4 is 11.0 Å². The minimum Gasteiger partial charge on any atom is -0.507 e. The third-order valence-corrected chi connectivity index (χ3v) is 11.9. The Bertz CT molecular complexity index is 3650. The number of hydrogen-bond acceptors (Lipinski definition) is 3. The van der Waals surface area contributed by atoms with Gasteiger partial charge in [0.15, 0.2) is 0 Å². The number of fused-ring (bicyclic) bond motifs is 1. The van der Waals surface area contributed by atoms with Crippen LogP contribution in [0.5, 0.6) is 5.75 Å². The maximum Gasteiger partial charge on any atom is 0.148 e. The fourth-order valence-electron chi connectivity index (χ4n) is 8.36. The van der Waals surface area contributed by atoms with Crippen LogP contribution in [0.25, 0.3) is 83.9 Å². The van der Waals surface area contributed by atoms with Crippen LogP contribution in [-0.4, -0.2) is 19.6 Å². The summed E-state index contributed by atoms with van der Waals surface area (Å²) in [5.74, 6) is 0.421. The maximum absolute atomic E-state index is 12.0. The van der Waals surface area contributed by atoms with E-state index in [1.54, 1.807) is 18.2 Å². The molecule has 65 heavy (non-hydrogen) atoms. The van der Waals surface area contributed by atoms with Crippen LogP contribution in [0, 0.1) is 33.6 Å². The molecule has 0 radical (unpaired) electrons. The van der Waals surface area contributed by atoms with Gasteiger partial charge in [-0.1, -0.05) is 161 Å². The molecule has 0 aliphatic rings. The quantitative estimate of drug-likeness (QED) is 0.162. The van der Waals surface area contributed by atoms with E-state index in [0.717, 1.165) is 33.4 Å². The van der Waals surface area contributed by atoms with Crippen molar-refractivity contribution in [3.05, 3.63) is 191 Å².